The van der Waals surface area contributed by atoms with Crippen LogP contribution in [-0.4, -0.2) is 76.5 Å². The molecule has 0 bridgehead atoms. The van der Waals surface area contributed by atoms with Crippen LogP contribution >= 0.6 is 11.3 Å². The van der Waals surface area contributed by atoms with E-state index in [0.717, 1.165) is 73.7 Å². The second-order valence-electron chi connectivity index (χ2n) is 9.51. The Morgan fingerprint density at radius 1 is 0.861 bits per heavy atom. The average Bonchev–Trinajstić information content (AvgIpc) is 3.39. The molecule has 36 heavy (non-hydrogen) atoms. The van der Waals surface area contributed by atoms with E-state index in [1.165, 1.54) is 16.9 Å². The van der Waals surface area contributed by atoms with Crippen molar-refractivity contribution in [1.29, 1.82) is 0 Å². The fourth-order valence-corrected chi connectivity index (χ4v) is 6.10. The van der Waals surface area contributed by atoms with Crippen molar-refractivity contribution >= 4 is 33.3 Å². The number of anilines is 1. The van der Waals surface area contributed by atoms with Gasteiger partial charge in [0.15, 0.2) is 5.82 Å². The minimum absolute atomic E-state index is 0.275. The predicted molar refractivity (Wildman–Crippen MR) is 145 cm³/mol. The van der Waals surface area contributed by atoms with E-state index in [-0.39, 0.29) is 5.91 Å². The standard InChI is InChI=1S/C28H30N6OS/c35-25(33-12-5-2-6-13-33)20-32-14-16-34(17-15-32)27-23-18-24(21-8-3-1-4-9-21)36-28(23)31-26(30-27)22-10-7-11-29-19-22/h1,3-4,7-11,18-19H,2,5-6,12-17,20H2. The van der Waals surface area contributed by atoms with Gasteiger partial charge >= 0.3 is 0 Å². The van der Waals surface area contributed by atoms with Crippen LogP contribution in [0.4, 0.5) is 5.82 Å². The zero-order valence-electron chi connectivity index (χ0n) is 20.3. The van der Waals surface area contributed by atoms with E-state index in [1.807, 2.05) is 29.3 Å². The van der Waals surface area contributed by atoms with Gasteiger partial charge in [0.25, 0.3) is 0 Å². The van der Waals surface area contributed by atoms with E-state index in [0.29, 0.717) is 12.4 Å². The Kier molecular flexibility index (Phi) is 6.61. The van der Waals surface area contributed by atoms with Crippen LogP contribution in [0.25, 0.3) is 32.0 Å². The maximum Gasteiger partial charge on any atom is 0.236 e. The Bertz CT molecular complexity index is 1330. The summed E-state index contributed by atoms with van der Waals surface area (Å²) in [6.45, 7) is 5.72. The Hall–Kier alpha value is -3.36. The molecule has 5 heterocycles. The molecule has 184 valence electrons. The normalized spacial score (nSPS) is 17.0. The fraction of sp³-hybridized carbons (Fsp3) is 0.357. The van der Waals surface area contributed by atoms with Crippen LogP contribution in [-0.2, 0) is 4.79 Å². The van der Waals surface area contributed by atoms with E-state index < -0.39 is 0 Å². The lowest BCUT2D eigenvalue weighted by Crippen LogP contribution is -2.51. The number of pyridine rings is 1. The van der Waals surface area contributed by atoms with Crippen LogP contribution in [0.2, 0.25) is 0 Å². The van der Waals surface area contributed by atoms with Crippen molar-refractivity contribution in [2.24, 2.45) is 0 Å². The Balaban J connectivity index is 1.27. The monoisotopic (exact) mass is 498 g/mol. The van der Waals surface area contributed by atoms with Gasteiger partial charge in [-0.05, 0) is 43.0 Å². The quantitative estimate of drug-likeness (QED) is 0.402. The predicted octanol–water partition coefficient (Wildman–Crippen LogP) is 4.55. The van der Waals surface area contributed by atoms with Gasteiger partial charge < -0.3 is 9.80 Å². The largest absolute Gasteiger partial charge is 0.353 e. The molecule has 0 aliphatic carbocycles. The lowest BCUT2D eigenvalue weighted by atomic mass is 10.1. The summed E-state index contributed by atoms with van der Waals surface area (Å²) >= 11 is 1.70. The molecule has 4 aromatic rings. The number of nitrogens with zero attached hydrogens (tertiary/aromatic N) is 6. The van der Waals surface area contributed by atoms with E-state index in [1.54, 1.807) is 17.5 Å². The summed E-state index contributed by atoms with van der Waals surface area (Å²) in [6, 6.07) is 16.6. The fourth-order valence-electron chi connectivity index (χ4n) is 5.07. The number of amides is 1. The van der Waals surface area contributed by atoms with Crippen LogP contribution in [0.15, 0.2) is 60.9 Å². The van der Waals surface area contributed by atoms with Gasteiger partial charge in [-0.1, -0.05) is 30.3 Å². The number of hydrogen-bond donors (Lipinski definition) is 0. The minimum atomic E-state index is 0.275. The van der Waals surface area contributed by atoms with Crippen LogP contribution in [0.3, 0.4) is 0 Å². The summed E-state index contributed by atoms with van der Waals surface area (Å²) in [7, 11) is 0. The van der Waals surface area contributed by atoms with Crippen LogP contribution < -0.4 is 4.90 Å². The number of fused-ring (bicyclic) bond motifs is 1. The van der Waals surface area contributed by atoms with Crippen LogP contribution in [0.1, 0.15) is 19.3 Å². The van der Waals surface area contributed by atoms with Crippen molar-refractivity contribution in [3.63, 3.8) is 0 Å². The molecule has 0 saturated carbocycles. The van der Waals surface area contributed by atoms with Crippen LogP contribution in [0, 0.1) is 0 Å². The number of rotatable bonds is 5. The maximum atomic E-state index is 12.8. The second-order valence-corrected chi connectivity index (χ2v) is 10.5. The molecule has 3 aromatic heterocycles. The third kappa shape index (κ3) is 4.83. The molecule has 2 aliphatic rings. The molecule has 0 radical (unpaired) electrons. The van der Waals surface area contributed by atoms with Crippen molar-refractivity contribution < 1.29 is 4.79 Å². The van der Waals surface area contributed by atoms with E-state index >= 15 is 0 Å². The van der Waals surface area contributed by atoms with Crippen molar-refractivity contribution in [2.45, 2.75) is 19.3 Å². The maximum absolute atomic E-state index is 12.8. The molecule has 0 unspecified atom stereocenters. The first-order chi connectivity index (χ1) is 17.7. The SMILES string of the molecule is O=C(CN1CCN(c2nc(-c3cccnc3)nc3sc(-c4ccccc4)cc23)CC1)N1CCCCC1. The summed E-state index contributed by atoms with van der Waals surface area (Å²) < 4.78 is 0. The number of aromatic nitrogens is 3. The lowest BCUT2D eigenvalue weighted by molar-refractivity contribution is -0.133. The van der Waals surface area contributed by atoms with E-state index in [4.69, 9.17) is 9.97 Å². The molecule has 2 aliphatic heterocycles. The van der Waals surface area contributed by atoms with E-state index in [2.05, 4.69) is 45.1 Å². The molecule has 1 amide bonds. The number of benzene rings is 1. The van der Waals surface area contributed by atoms with Gasteiger partial charge in [-0.25, -0.2) is 9.97 Å². The molecule has 0 N–H and O–H groups in total. The molecule has 7 nitrogen and oxygen atoms in total. The molecule has 0 spiro atoms. The number of likely N-dealkylation sites (tertiary alicyclic amines) is 1. The zero-order chi connectivity index (χ0) is 24.3. The van der Waals surface area contributed by atoms with Gasteiger partial charge in [0.1, 0.15) is 10.6 Å². The first-order valence-corrected chi connectivity index (χ1v) is 13.6. The molecular weight excluding hydrogens is 468 g/mol. The number of piperidine rings is 1. The van der Waals surface area contributed by atoms with Gasteiger partial charge in [-0.15, -0.1) is 11.3 Å². The second kappa shape index (κ2) is 10.3. The number of thiophene rings is 1. The summed E-state index contributed by atoms with van der Waals surface area (Å²) in [5.74, 6) is 1.95. The third-order valence-corrected chi connectivity index (χ3v) is 8.17. The highest BCUT2D eigenvalue weighted by Crippen LogP contribution is 2.38. The van der Waals surface area contributed by atoms with E-state index in [9.17, 15) is 4.79 Å². The van der Waals surface area contributed by atoms with Crippen molar-refractivity contribution in [3.8, 4) is 21.8 Å². The lowest BCUT2D eigenvalue weighted by Gasteiger charge is -2.36. The summed E-state index contributed by atoms with van der Waals surface area (Å²) in [5.41, 5.74) is 2.11. The molecular formula is C28H30N6OS. The molecule has 0 atom stereocenters. The highest BCUT2D eigenvalue weighted by atomic mass is 32.1. The van der Waals surface area contributed by atoms with Crippen molar-refractivity contribution in [3.05, 3.63) is 60.9 Å². The number of hydrogen-bond acceptors (Lipinski definition) is 7. The topological polar surface area (TPSA) is 65.5 Å². The highest BCUT2D eigenvalue weighted by molar-refractivity contribution is 7.22. The van der Waals surface area contributed by atoms with Gasteiger partial charge in [-0.3, -0.25) is 14.7 Å². The highest BCUT2D eigenvalue weighted by Gasteiger charge is 2.25. The van der Waals surface area contributed by atoms with Gasteiger partial charge in [0.2, 0.25) is 5.91 Å². The van der Waals surface area contributed by atoms with Gasteiger partial charge in [0.05, 0.1) is 11.9 Å². The number of carbonyl (C=O) groups is 1. The van der Waals surface area contributed by atoms with Crippen molar-refractivity contribution in [2.75, 3.05) is 50.7 Å². The molecule has 8 heteroatoms. The number of carbonyl (C=O) groups excluding carboxylic acids is 1. The summed E-state index contributed by atoms with van der Waals surface area (Å²) in [5, 5.41) is 1.09. The summed E-state index contributed by atoms with van der Waals surface area (Å²) in [6.07, 6.45) is 7.10. The van der Waals surface area contributed by atoms with Crippen molar-refractivity contribution in [1.82, 2.24) is 24.8 Å². The van der Waals surface area contributed by atoms with Crippen LogP contribution in [0.5, 0.6) is 0 Å². The average molecular weight is 499 g/mol. The number of piperazine rings is 1. The Morgan fingerprint density at radius 3 is 2.39 bits per heavy atom. The Morgan fingerprint density at radius 2 is 1.64 bits per heavy atom. The minimum Gasteiger partial charge on any atom is -0.353 e. The third-order valence-electron chi connectivity index (χ3n) is 7.09. The van der Waals surface area contributed by atoms with Gasteiger partial charge in [-0.2, -0.15) is 0 Å². The zero-order valence-corrected chi connectivity index (χ0v) is 21.2. The molecule has 2 saturated heterocycles. The molecule has 1 aromatic carbocycles. The molecule has 2 fully saturated rings. The first kappa shape index (κ1) is 23.1. The first-order valence-electron chi connectivity index (χ1n) is 12.8. The molecule has 6 rings (SSSR count). The smallest absolute Gasteiger partial charge is 0.236 e. The van der Waals surface area contributed by atoms with Gasteiger partial charge in [0, 0.05) is 62.1 Å². The summed E-state index contributed by atoms with van der Waals surface area (Å²) in [4.78, 5) is 35.9. The Labute approximate surface area is 215 Å².